The fraction of sp³-hybridized carbons (Fsp3) is 0.463. The lowest BCUT2D eigenvalue weighted by Gasteiger charge is -2.19. The van der Waals surface area contributed by atoms with Crippen LogP contribution >= 0.6 is 0 Å². The molecule has 3 aromatic rings. The Balaban J connectivity index is 1.43. The van der Waals surface area contributed by atoms with Crippen molar-refractivity contribution in [1.82, 2.24) is 0 Å². The van der Waals surface area contributed by atoms with Crippen molar-refractivity contribution in [2.24, 2.45) is 0 Å². The Bertz CT molecular complexity index is 1380. The summed E-state index contributed by atoms with van der Waals surface area (Å²) < 4.78 is 50.0. The summed E-state index contributed by atoms with van der Waals surface area (Å²) in [6, 6.07) is 22.2. The molecule has 0 amide bonds. The minimum atomic E-state index is -4.61. The minimum Gasteiger partial charge on any atom is -0.450 e. The average molecular weight is 665 g/mol. The van der Waals surface area contributed by atoms with Crippen molar-refractivity contribution >= 4 is 18.0 Å². The van der Waals surface area contributed by atoms with E-state index >= 15 is 0 Å². The first-order chi connectivity index (χ1) is 23.2. The SMILES string of the molecule is CCCCCCCCCCCc1ccc(-c2ccc(C(=O)Oc3ccc(C=CC(=O)O[C@@H](CCCCCC)C(F)(F)F)cc3)cc2)cc1. The van der Waals surface area contributed by atoms with Gasteiger partial charge in [-0.05, 0) is 78.3 Å². The summed E-state index contributed by atoms with van der Waals surface area (Å²) >= 11 is 0. The number of ether oxygens (including phenoxy) is 2. The molecule has 0 aromatic heterocycles. The molecular formula is C41H51F3O4. The molecule has 0 N–H and O–H groups in total. The largest absolute Gasteiger partial charge is 0.450 e. The topological polar surface area (TPSA) is 52.6 Å². The highest BCUT2D eigenvalue weighted by molar-refractivity contribution is 5.91. The third kappa shape index (κ3) is 14.5. The zero-order chi connectivity index (χ0) is 34.6. The molecule has 3 aromatic carbocycles. The van der Waals surface area contributed by atoms with Gasteiger partial charge in [0.1, 0.15) is 5.75 Å². The molecule has 0 aliphatic heterocycles. The standard InChI is InChI=1S/C41H51F3O4/c1-3-5-7-9-10-11-12-13-14-16-32-18-23-34(24-19-32)35-25-27-36(28-26-35)40(46)47-37-29-20-33(21-30-37)22-31-39(45)48-38(41(42,43)44)17-15-8-6-4-2/h18-31,38H,3-17H2,1-2H3/t38-/m0/s1. The first-order valence-electron chi connectivity index (χ1n) is 17.7. The molecule has 0 aliphatic carbocycles. The highest BCUT2D eigenvalue weighted by atomic mass is 19.4. The van der Waals surface area contributed by atoms with Crippen molar-refractivity contribution in [2.45, 2.75) is 122 Å². The number of hydrogen-bond donors (Lipinski definition) is 0. The lowest BCUT2D eigenvalue weighted by molar-refractivity contribution is -0.220. The predicted molar refractivity (Wildman–Crippen MR) is 188 cm³/mol. The van der Waals surface area contributed by atoms with Crippen molar-refractivity contribution in [1.29, 1.82) is 0 Å². The number of benzene rings is 3. The second-order valence-electron chi connectivity index (χ2n) is 12.5. The monoisotopic (exact) mass is 664 g/mol. The molecule has 0 saturated heterocycles. The highest BCUT2D eigenvalue weighted by Crippen LogP contribution is 2.28. The Morgan fingerprint density at radius 1 is 0.667 bits per heavy atom. The summed E-state index contributed by atoms with van der Waals surface area (Å²) in [4.78, 5) is 24.8. The molecule has 4 nitrogen and oxygen atoms in total. The second kappa shape index (κ2) is 21.2. The van der Waals surface area contributed by atoms with Crippen LogP contribution in [0.2, 0.25) is 0 Å². The Hall–Kier alpha value is -3.87. The van der Waals surface area contributed by atoms with E-state index in [1.54, 1.807) is 36.4 Å². The van der Waals surface area contributed by atoms with E-state index in [-0.39, 0.29) is 6.42 Å². The van der Waals surface area contributed by atoms with Gasteiger partial charge in [-0.1, -0.05) is 133 Å². The molecule has 3 rings (SSSR count). The van der Waals surface area contributed by atoms with Crippen LogP contribution < -0.4 is 4.74 Å². The molecule has 7 heteroatoms. The Labute approximate surface area is 284 Å². The van der Waals surface area contributed by atoms with Gasteiger partial charge in [0.05, 0.1) is 5.56 Å². The van der Waals surface area contributed by atoms with Crippen LogP contribution in [0.25, 0.3) is 17.2 Å². The van der Waals surface area contributed by atoms with E-state index in [0.717, 1.165) is 36.5 Å². The summed E-state index contributed by atoms with van der Waals surface area (Å²) in [5, 5.41) is 0. The molecule has 0 saturated carbocycles. The second-order valence-corrected chi connectivity index (χ2v) is 12.5. The van der Waals surface area contributed by atoms with E-state index in [0.29, 0.717) is 29.7 Å². The van der Waals surface area contributed by atoms with Crippen molar-refractivity contribution in [2.75, 3.05) is 0 Å². The van der Waals surface area contributed by atoms with Crippen molar-refractivity contribution < 1.29 is 32.2 Å². The van der Waals surface area contributed by atoms with Gasteiger partial charge in [0.25, 0.3) is 0 Å². The first kappa shape index (κ1) is 38.6. The number of rotatable bonds is 21. The molecule has 0 fully saturated rings. The van der Waals surface area contributed by atoms with Crippen molar-refractivity contribution in [3.8, 4) is 16.9 Å². The molecule has 0 heterocycles. The van der Waals surface area contributed by atoms with E-state index in [4.69, 9.17) is 9.47 Å². The smallest absolute Gasteiger partial charge is 0.425 e. The quantitative estimate of drug-likeness (QED) is 0.0492. The van der Waals surface area contributed by atoms with E-state index < -0.39 is 24.2 Å². The lowest BCUT2D eigenvalue weighted by Crippen LogP contribution is -2.33. The van der Waals surface area contributed by atoms with E-state index in [9.17, 15) is 22.8 Å². The molecule has 260 valence electrons. The third-order valence-corrected chi connectivity index (χ3v) is 8.42. The fourth-order valence-corrected chi connectivity index (χ4v) is 5.51. The average Bonchev–Trinajstić information content (AvgIpc) is 3.08. The van der Waals surface area contributed by atoms with Crippen molar-refractivity contribution in [3.05, 3.63) is 95.6 Å². The zero-order valence-electron chi connectivity index (χ0n) is 28.5. The van der Waals surface area contributed by atoms with Crippen LogP contribution in [0.15, 0.2) is 78.9 Å². The van der Waals surface area contributed by atoms with Gasteiger partial charge in [-0.2, -0.15) is 13.2 Å². The predicted octanol–water partition coefficient (Wildman–Crippen LogP) is 12.1. The Morgan fingerprint density at radius 3 is 1.75 bits per heavy atom. The molecule has 0 unspecified atom stereocenters. The van der Waals surface area contributed by atoms with Crippen LogP contribution in [0.3, 0.4) is 0 Å². The molecular weight excluding hydrogens is 613 g/mol. The Morgan fingerprint density at radius 2 is 1.19 bits per heavy atom. The number of esters is 2. The van der Waals surface area contributed by atoms with E-state index in [1.807, 2.05) is 19.1 Å². The summed E-state index contributed by atoms with van der Waals surface area (Å²) in [6.45, 7) is 4.22. The summed E-state index contributed by atoms with van der Waals surface area (Å²) in [6.07, 6.45) is 11.1. The van der Waals surface area contributed by atoms with Gasteiger partial charge in [0, 0.05) is 6.08 Å². The van der Waals surface area contributed by atoms with Crippen LogP contribution in [0, 0.1) is 0 Å². The Kier molecular flexibility index (Phi) is 17.0. The van der Waals surface area contributed by atoms with Crippen LogP contribution in [0.5, 0.6) is 5.75 Å². The van der Waals surface area contributed by atoms with Gasteiger partial charge >= 0.3 is 18.1 Å². The van der Waals surface area contributed by atoms with Crippen LogP contribution in [-0.2, 0) is 16.0 Å². The summed E-state index contributed by atoms with van der Waals surface area (Å²) in [5.74, 6) is -1.27. The molecule has 0 spiro atoms. The molecule has 0 radical (unpaired) electrons. The molecule has 0 aliphatic rings. The molecule has 0 bridgehead atoms. The number of carbonyl (C=O) groups is 2. The number of alkyl halides is 3. The van der Waals surface area contributed by atoms with Gasteiger partial charge in [0.15, 0.2) is 6.10 Å². The number of hydrogen-bond acceptors (Lipinski definition) is 4. The van der Waals surface area contributed by atoms with Crippen LogP contribution in [0.1, 0.15) is 125 Å². The van der Waals surface area contributed by atoms with Gasteiger partial charge in [-0.25, -0.2) is 9.59 Å². The van der Waals surface area contributed by atoms with E-state index in [1.165, 1.54) is 69.4 Å². The van der Waals surface area contributed by atoms with Crippen molar-refractivity contribution in [3.63, 3.8) is 0 Å². The first-order valence-corrected chi connectivity index (χ1v) is 17.7. The van der Waals surface area contributed by atoms with Crippen LogP contribution in [0.4, 0.5) is 13.2 Å². The van der Waals surface area contributed by atoms with Gasteiger partial charge in [-0.3, -0.25) is 0 Å². The normalized spacial score (nSPS) is 12.3. The zero-order valence-corrected chi connectivity index (χ0v) is 28.5. The maximum absolute atomic E-state index is 13.3. The maximum atomic E-state index is 13.3. The number of carbonyl (C=O) groups excluding carboxylic acids is 2. The minimum absolute atomic E-state index is 0.252. The fourth-order valence-electron chi connectivity index (χ4n) is 5.51. The van der Waals surface area contributed by atoms with Gasteiger partial charge in [0.2, 0.25) is 0 Å². The van der Waals surface area contributed by atoms with Gasteiger partial charge < -0.3 is 9.47 Å². The summed E-state index contributed by atoms with van der Waals surface area (Å²) in [7, 11) is 0. The number of aryl methyl sites for hydroxylation is 1. The van der Waals surface area contributed by atoms with Gasteiger partial charge in [-0.15, -0.1) is 0 Å². The van der Waals surface area contributed by atoms with E-state index in [2.05, 4.69) is 31.2 Å². The highest BCUT2D eigenvalue weighted by Gasteiger charge is 2.42. The summed E-state index contributed by atoms with van der Waals surface area (Å²) in [5.41, 5.74) is 4.38. The van der Waals surface area contributed by atoms with Crippen LogP contribution in [-0.4, -0.2) is 24.2 Å². The molecule has 48 heavy (non-hydrogen) atoms. The number of halogens is 3. The molecule has 1 atom stereocenters. The third-order valence-electron chi connectivity index (χ3n) is 8.42. The lowest BCUT2D eigenvalue weighted by atomic mass is 10.00. The maximum Gasteiger partial charge on any atom is 0.425 e. The number of unbranched alkanes of at least 4 members (excludes halogenated alkanes) is 11.